The number of aromatic nitrogens is 2. The maximum absolute atomic E-state index is 13.0. The fraction of sp³-hybridized carbons (Fsp3) is 0.348. The Bertz CT molecular complexity index is 1330. The molecule has 0 bridgehead atoms. The molecule has 0 unspecified atom stereocenters. The van der Waals surface area contributed by atoms with Crippen molar-refractivity contribution in [1.29, 1.82) is 0 Å². The smallest absolute Gasteiger partial charge is 0.251 e. The SMILES string of the molecule is CNC(=O)c1cccc(NC(=O)CCc2nc3cc(S(=O)(=O)N4CCOCC4)ccc3n2C)c1. The predicted molar refractivity (Wildman–Crippen MR) is 127 cm³/mol. The molecule has 180 valence electrons. The minimum absolute atomic E-state index is 0.181. The van der Waals surface area contributed by atoms with E-state index in [1.807, 2.05) is 11.6 Å². The van der Waals surface area contributed by atoms with Gasteiger partial charge in [-0.1, -0.05) is 6.07 Å². The molecule has 10 nitrogen and oxygen atoms in total. The second-order valence-corrected chi connectivity index (χ2v) is 9.90. The first kappa shape index (κ1) is 23.9. The van der Waals surface area contributed by atoms with Crippen molar-refractivity contribution in [1.82, 2.24) is 19.2 Å². The molecule has 0 saturated carbocycles. The second kappa shape index (κ2) is 9.92. The van der Waals surface area contributed by atoms with Gasteiger partial charge in [-0.05, 0) is 36.4 Å². The molecule has 2 N–H and O–H groups in total. The number of hydrogen-bond acceptors (Lipinski definition) is 6. The van der Waals surface area contributed by atoms with E-state index in [-0.39, 0.29) is 23.1 Å². The van der Waals surface area contributed by atoms with Gasteiger partial charge in [-0.25, -0.2) is 13.4 Å². The minimum atomic E-state index is -3.62. The molecule has 0 spiro atoms. The minimum Gasteiger partial charge on any atom is -0.379 e. The molecular weight excluding hydrogens is 458 g/mol. The van der Waals surface area contributed by atoms with Crippen molar-refractivity contribution in [2.45, 2.75) is 17.7 Å². The quantitative estimate of drug-likeness (QED) is 0.523. The lowest BCUT2D eigenvalue weighted by molar-refractivity contribution is -0.116. The summed E-state index contributed by atoms with van der Waals surface area (Å²) in [4.78, 5) is 29.0. The summed E-state index contributed by atoms with van der Waals surface area (Å²) >= 11 is 0. The fourth-order valence-corrected chi connectivity index (χ4v) is 5.31. The van der Waals surface area contributed by atoms with Gasteiger partial charge in [-0.3, -0.25) is 9.59 Å². The summed E-state index contributed by atoms with van der Waals surface area (Å²) in [6.45, 7) is 1.42. The van der Waals surface area contributed by atoms with Crippen LogP contribution in [0.15, 0.2) is 47.4 Å². The Labute approximate surface area is 198 Å². The zero-order chi connectivity index (χ0) is 24.3. The summed E-state index contributed by atoms with van der Waals surface area (Å²) in [6, 6.07) is 11.6. The monoisotopic (exact) mass is 485 g/mol. The highest BCUT2D eigenvalue weighted by Crippen LogP contribution is 2.23. The van der Waals surface area contributed by atoms with Gasteiger partial charge in [-0.15, -0.1) is 0 Å². The molecule has 1 fully saturated rings. The van der Waals surface area contributed by atoms with Crippen molar-refractivity contribution < 1.29 is 22.7 Å². The number of fused-ring (bicyclic) bond motifs is 1. The number of nitrogens with zero attached hydrogens (tertiary/aromatic N) is 3. The second-order valence-electron chi connectivity index (χ2n) is 7.96. The number of rotatable bonds is 7. The summed E-state index contributed by atoms with van der Waals surface area (Å²) in [5.74, 6) is 0.229. The summed E-state index contributed by atoms with van der Waals surface area (Å²) < 4.78 is 34.4. The normalized spacial score (nSPS) is 14.8. The summed E-state index contributed by atoms with van der Waals surface area (Å²) in [5.41, 5.74) is 2.34. The van der Waals surface area contributed by atoms with Gasteiger partial charge in [0.2, 0.25) is 15.9 Å². The van der Waals surface area contributed by atoms with Gasteiger partial charge in [0.1, 0.15) is 5.82 Å². The summed E-state index contributed by atoms with van der Waals surface area (Å²) in [5, 5.41) is 5.35. The van der Waals surface area contributed by atoms with Crippen molar-refractivity contribution >= 4 is 38.6 Å². The lowest BCUT2D eigenvalue weighted by Crippen LogP contribution is -2.40. The van der Waals surface area contributed by atoms with E-state index < -0.39 is 10.0 Å². The Hall–Kier alpha value is -3.28. The zero-order valence-electron chi connectivity index (χ0n) is 19.1. The van der Waals surface area contributed by atoms with E-state index in [4.69, 9.17) is 4.74 Å². The van der Waals surface area contributed by atoms with Gasteiger partial charge in [0.15, 0.2) is 0 Å². The molecule has 1 saturated heterocycles. The van der Waals surface area contributed by atoms with Gasteiger partial charge >= 0.3 is 0 Å². The molecule has 34 heavy (non-hydrogen) atoms. The van der Waals surface area contributed by atoms with Crippen molar-refractivity contribution in [2.24, 2.45) is 7.05 Å². The van der Waals surface area contributed by atoms with Gasteiger partial charge in [0, 0.05) is 51.3 Å². The fourth-order valence-electron chi connectivity index (χ4n) is 3.88. The van der Waals surface area contributed by atoms with Crippen LogP contribution < -0.4 is 10.6 Å². The molecule has 2 heterocycles. The lowest BCUT2D eigenvalue weighted by Gasteiger charge is -2.26. The number of hydrogen-bond donors (Lipinski definition) is 2. The van der Waals surface area contributed by atoms with Crippen LogP contribution >= 0.6 is 0 Å². The van der Waals surface area contributed by atoms with E-state index in [9.17, 15) is 18.0 Å². The van der Waals surface area contributed by atoms with Crippen LogP contribution in [0.5, 0.6) is 0 Å². The first-order valence-corrected chi connectivity index (χ1v) is 12.4. The van der Waals surface area contributed by atoms with E-state index in [1.165, 1.54) is 4.31 Å². The average Bonchev–Trinajstić information content (AvgIpc) is 3.17. The number of amides is 2. The highest BCUT2D eigenvalue weighted by molar-refractivity contribution is 7.89. The number of carbonyl (C=O) groups excluding carboxylic acids is 2. The average molecular weight is 486 g/mol. The van der Waals surface area contributed by atoms with Gasteiger partial charge in [0.25, 0.3) is 5.91 Å². The molecule has 2 amide bonds. The molecule has 1 aliphatic rings. The Balaban J connectivity index is 1.46. The van der Waals surface area contributed by atoms with Crippen molar-refractivity contribution in [2.75, 3.05) is 38.7 Å². The molecule has 3 aromatic rings. The third-order valence-electron chi connectivity index (χ3n) is 5.76. The van der Waals surface area contributed by atoms with E-state index in [0.29, 0.717) is 55.3 Å². The van der Waals surface area contributed by atoms with Crippen molar-refractivity contribution in [3.63, 3.8) is 0 Å². The number of ether oxygens (including phenoxy) is 1. The van der Waals surface area contributed by atoms with Crippen LogP contribution in [0.3, 0.4) is 0 Å². The first-order valence-electron chi connectivity index (χ1n) is 10.9. The molecule has 0 aliphatic carbocycles. The first-order chi connectivity index (χ1) is 16.3. The van der Waals surface area contributed by atoms with E-state index in [2.05, 4.69) is 15.6 Å². The number of morpholine rings is 1. The van der Waals surface area contributed by atoms with Crippen LogP contribution in [-0.2, 0) is 33.0 Å². The topological polar surface area (TPSA) is 123 Å². The Morgan fingerprint density at radius 2 is 1.88 bits per heavy atom. The van der Waals surface area contributed by atoms with Crippen LogP contribution in [0.2, 0.25) is 0 Å². The number of nitrogens with one attached hydrogen (secondary N) is 2. The van der Waals surface area contributed by atoms with Gasteiger partial charge in [0.05, 0.1) is 29.1 Å². The van der Waals surface area contributed by atoms with Crippen LogP contribution in [0.1, 0.15) is 22.6 Å². The van der Waals surface area contributed by atoms with Gasteiger partial charge in [-0.2, -0.15) is 4.31 Å². The Morgan fingerprint density at radius 1 is 1.12 bits per heavy atom. The highest BCUT2D eigenvalue weighted by atomic mass is 32.2. The van der Waals surface area contributed by atoms with E-state index >= 15 is 0 Å². The summed E-state index contributed by atoms with van der Waals surface area (Å²) in [6.07, 6.45) is 0.554. The van der Waals surface area contributed by atoms with Crippen LogP contribution in [-0.4, -0.2) is 67.4 Å². The van der Waals surface area contributed by atoms with Crippen LogP contribution in [0.4, 0.5) is 5.69 Å². The maximum atomic E-state index is 13.0. The molecule has 4 rings (SSSR count). The van der Waals surface area contributed by atoms with Crippen molar-refractivity contribution in [3.05, 3.63) is 53.9 Å². The highest BCUT2D eigenvalue weighted by Gasteiger charge is 2.27. The Kier molecular flexibility index (Phi) is 6.96. The molecule has 0 atom stereocenters. The third kappa shape index (κ3) is 4.96. The molecule has 0 radical (unpaired) electrons. The zero-order valence-corrected chi connectivity index (χ0v) is 19.9. The maximum Gasteiger partial charge on any atom is 0.251 e. The molecule has 1 aliphatic heterocycles. The number of imidazole rings is 1. The third-order valence-corrected chi connectivity index (χ3v) is 7.66. The van der Waals surface area contributed by atoms with Crippen LogP contribution in [0, 0.1) is 0 Å². The predicted octanol–water partition coefficient (Wildman–Crippen LogP) is 1.53. The number of carbonyl (C=O) groups is 2. The number of sulfonamides is 1. The number of aryl methyl sites for hydroxylation is 2. The van der Waals surface area contributed by atoms with E-state index in [0.717, 1.165) is 5.52 Å². The number of anilines is 1. The largest absolute Gasteiger partial charge is 0.379 e. The molecular formula is C23H27N5O5S. The Morgan fingerprint density at radius 3 is 2.62 bits per heavy atom. The number of benzene rings is 2. The molecule has 1 aromatic heterocycles. The van der Waals surface area contributed by atoms with Crippen LogP contribution in [0.25, 0.3) is 11.0 Å². The van der Waals surface area contributed by atoms with Crippen molar-refractivity contribution in [3.8, 4) is 0 Å². The molecule has 2 aromatic carbocycles. The standard InChI is InChI=1S/C23H27N5O5S/c1-24-23(30)16-4-3-5-17(14-16)25-22(29)9-8-21-26-19-15-18(6-7-20(19)27(21)2)34(31,32)28-10-12-33-13-11-28/h3-7,14-15H,8-13H2,1-2H3,(H,24,30)(H,25,29). The van der Waals surface area contributed by atoms with Gasteiger partial charge < -0.3 is 19.9 Å². The van der Waals surface area contributed by atoms with E-state index in [1.54, 1.807) is 49.5 Å². The molecule has 11 heteroatoms. The summed E-state index contributed by atoms with van der Waals surface area (Å²) in [7, 11) is -0.232. The lowest BCUT2D eigenvalue weighted by atomic mass is 10.2.